The zero-order chi connectivity index (χ0) is 30.1. The third-order valence-corrected chi connectivity index (χ3v) is 10.9. The van der Waals surface area contributed by atoms with Gasteiger partial charge in [0.05, 0.1) is 17.1 Å². The molecule has 0 aromatic carbocycles. The summed E-state index contributed by atoms with van der Waals surface area (Å²) in [5.41, 5.74) is 14.0. The molecule has 3 aliphatic heterocycles. The summed E-state index contributed by atoms with van der Waals surface area (Å²) >= 11 is 1.51. The molecule has 11 nitrogen and oxygen atoms in total. The summed E-state index contributed by atoms with van der Waals surface area (Å²) < 4.78 is 34.3. The first kappa shape index (κ1) is 28.0. The van der Waals surface area contributed by atoms with Gasteiger partial charge in [-0.2, -0.15) is 24.6 Å². The van der Waals surface area contributed by atoms with E-state index >= 15 is 0 Å². The number of nitrogens with zero attached hydrogens (tertiary/aromatic N) is 8. The molecular formula is C29H34F2N10OS. The molecule has 0 radical (unpaired) electrons. The van der Waals surface area contributed by atoms with E-state index in [2.05, 4.69) is 25.8 Å². The number of hydrogen-bond donors (Lipinski definition) is 2. The molecule has 43 heavy (non-hydrogen) atoms. The van der Waals surface area contributed by atoms with Gasteiger partial charge in [0.1, 0.15) is 29.7 Å². The van der Waals surface area contributed by atoms with E-state index in [0.29, 0.717) is 54.1 Å². The van der Waals surface area contributed by atoms with Crippen LogP contribution >= 0.6 is 11.3 Å². The first-order valence-electron chi connectivity index (χ1n) is 14.6. The van der Waals surface area contributed by atoms with Crippen molar-refractivity contribution in [1.29, 1.82) is 5.26 Å². The zero-order valence-electron chi connectivity index (χ0n) is 24.2. The fraction of sp³-hybridized carbons (Fsp3) is 0.552. The largest absolute Gasteiger partial charge is 0.461 e. The molecule has 6 heterocycles. The highest BCUT2D eigenvalue weighted by Gasteiger charge is 2.52. The van der Waals surface area contributed by atoms with Crippen LogP contribution in [0.5, 0.6) is 6.01 Å². The maximum absolute atomic E-state index is 14.4. The van der Waals surface area contributed by atoms with Gasteiger partial charge in [0.25, 0.3) is 0 Å². The summed E-state index contributed by atoms with van der Waals surface area (Å²) in [6.07, 6.45) is 3.29. The van der Waals surface area contributed by atoms with E-state index in [1.165, 1.54) is 22.3 Å². The van der Waals surface area contributed by atoms with E-state index in [9.17, 15) is 14.0 Å². The van der Waals surface area contributed by atoms with Crippen LogP contribution in [0.15, 0.2) is 12.1 Å². The molecule has 3 atom stereocenters. The summed E-state index contributed by atoms with van der Waals surface area (Å²) in [4.78, 5) is 25.3. The first-order chi connectivity index (χ1) is 20.6. The molecule has 0 bridgehead atoms. The lowest BCUT2D eigenvalue weighted by molar-refractivity contribution is 0.107. The highest BCUT2D eigenvalue weighted by Crippen LogP contribution is 2.52. The molecule has 1 spiro atoms. The van der Waals surface area contributed by atoms with Crippen molar-refractivity contribution in [1.82, 2.24) is 24.8 Å². The van der Waals surface area contributed by atoms with Gasteiger partial charge >= 0.3 is 6.01 Å². The first-order valence-corrected chi connectivity index (χ1v) is 15.4. The van der Waals surface area contributed by atoms with Crippen LogP contribution in [0.1, 0.15) is 60.2 Å². The summed E-state index contributed by atoms with van der Waals surface area (Å²) in [7, 11) is 1.83. The van der Waals surface area contributed by atoms with Gasteiger partial charge in [-0.1, -0.05) is 0 Å². The molecule has 4 N–H and O–H groups in total. The van der Waals surface area contributed by atoms with E-state index in [0.717, 1.165) is 37.8 Å². The summed E-state index contributed by atoms with van der Waals surface area (Å²) in [5, 5.41) is 10.4. The van der Waals surface area contributed by atoms with Crippen molar-refractivity contribution >= 4 is 34.1 Å². The third kappa shape index (κ3) is 4.51. The molecule has 0 saturated carbocycles. The Kier molecular flexibility index (Phi) is 6.59. The molecule has 4 aliphatic rings. The summed E-state index contributed by atoms with van der Waals surface area (Å²) in [6.45, 7) is 4.78. The Morgan fingerprint density at radius 2 is 2.05 bits per heavy atom. The number of nitrogens with two attached hydrogens (primary N) is 2. The number of aromatic nitrogens is 4. The number of fused-ring (bicyclic) bond motifs is 3. The zero-order valence-corrected chi connectivity index (χ0v) is 25.0. The second kappa shape index (κ2) is 10.1. The Morgan fingerprint density at radius 3 is 2.81 bits per heavy atom. The van der Waals surface area contributed by atoms with Crippen molar-refractivity contribution < 1.29 is 13.5 Å². The number of pyridine rings is 1. The highest BCUT2D eigenvalue weighted by molar-refractivity contribution is 7.16. The van der Waals surface area contributed by atoms with Crippen LogP contribution in [0.4, 0.5) is 31.5 Å². The lowest BCUT2D eigenvalue weighted by Gasteiger charge is -2.48. The van der Waals surface area contributed by atoms with Crippen LogP contribution in [0.25, 0.3) is 0 Å². The van der Waals surface area contributed by atoms with Crippen LogP contribution in [-0.2, 0) is 11.8 Å². The third-order valence-electron chi connectivity index (χ3n) is 9.84. The topological polar surface area (TPSA) is 146 Å². The highest BCUT2D eigenvalue weighted by atomic mass is 32.1. The average Bonchev–Trinajstić information content (AvgIpc) is 3.68. The van der Waals surface area contributed by atoms with Gasteiger partial charge in [0.2, 0.25) is 17.8 Å². The molecule has 14 heteroatoms. The van der Waals surface area contributed by atoms with Crippen molar-refractivity contribution in [2.24, 2.45) is 0 Å². The quantitative estimate of drug-likeness (QED) is 0.381. The fourth-order valence-electron chi connectivity index (χ4n) is 7.51. The molecular weight excluding hydrogens is 574 g/mol. The normalized spacial score (nSPS) is 24.4. The lowest BCUT2D eigenvalue weighted by Crippen LogP contribution is -2.59. The molecule has 7 rings (SSSR count). The van der Waals surface area contributed by atoms with Gasteiger partial charge in [0.15, 0.2) is 0 Å². The number of rotatable bonds is 7. The lowest BCUT2D eigenvalue weighted by atomic mass is 9.74. The van der Waals surface area contributed by atoms with Crippen LogP contribution in [-0.4, -0.2) is 76.4 Å². The maximum Gasteiger partial charge on any atom is 0.323 e. The Hall–Kier alpha value is -3.83. The van der Waals surface area contributed by atoms with Crippen LogP contribution in [0.2, 0.25) is 0 Å². The van der Waals surface area contributed by atoms with E-state index in [-0.39, 0.29) is 35.4 Å². The van der Waals surface area contributed by atoms with Crippen LogP contribution in [0, 0.1) is 17.3 Å². The number of nitriles is 1. The molecule has 0 amide bonds. The van der Waals surface area contributed by atoms with E-state index < -0.39 is 12.1 Å². The van der Waals surface area contributed by atoms with Gasteiger partial charge in [0, 0.05) is 49.0 Å². The number of aryl methyl sites for hydroxylation is 1. The van der Waals surface area contributed by atoms with Gasteiger partial charge < -0.3 is 26.0 Å². The van der Waals surface area contributed by atoms with Crippen molar-refractivity contribution in [3.05, 3.63) is 39.6 Å². The SMILES string of the molecule is CC(c1ccc(F)nc1N)N(C)c1nc(OC[C@@]23CCCN2C[C@H](F)C3)nc(N2CC3(CCc4sc(N)c(C#N)c43)C2)n1. The van der Waals surface area contributed by atoms with Crippen LogP contribution < -0.4 is 26.0 Å². The molecule has 3 aromatic heterocycles. The average molecular weight is 609 g/mol. The van der Waals surface area contributed by atoms with E-state index in [1.54, 1.807) is 6.07 Å². The fourth-order valence-corrected chi connectivity index (χ4v) is 8.65. The minimum atomic E-state index is -0.867. The number of thiophene rings is 1. The van der Waals surface area contributed by atoms with Gasteiger partial charge in [-0.3, -0.25) is 4.90 Å². The van der Waals surface area contributed by atoms with Gasteiger partial charge in [-0.15, -0.1) is 11.3 Å². The molecule has 1 aliphatic carbocycles. The predicted molar refractivity (Wildman–Crippen MR) is 159 cm³/mol. The summed E-state index contributed by atoms with van der Waals surface area (Å²) in [5.74, 6) is 0.265. The maximum atomic E-state index is 14.4. The minimum Gasteiger partial charge on any atom is -0.461 e. The number of alkyl halides is 1. The Balaban J connectivity index is 1.19. The second-order valence-corrected chi connectivity index (χ2v) is 13.5. The molecule has 3 fully saturated rings. The van der Waals surface area contributed by atoms with E-state index in [1.807, 2.05) is 18.9 Å². The Labute approximate surface area is 252 Å². The van der Waals surface area contributed by atoms with Gasteiger partial charge in [-0.05, 0) is 56.8 Å². The smallest absolute Gasteiger partial charge is 0.323 e. The predicted octanol–water partition coefficient (Wildman–Crippen LogP) is 3.36. The number of anilines is 4. The van der Waals surface area contributed by atoms with Crippen molar-refractivity contribution in [2.45, 2.75) is 62.2 Å². The Bertz CT molecular complexity index is 1620. The van der Waals surface area contributed by atoms with Crippen molar-refractivity contribution in [3.63, 3.8) is 0 Å². The number of hydrogen-bond acceptors (Lipinski definition) is 12. The van der Waals surface area contributed by atoms with Crippen molar-refractivity contribution in [2.75, 3.05) is 61.1 Å². The minimum absolute atomic E-state index is 0.0950. The van der Waals surface area contributed by atoms with E-state index in [4.69, 9.17) is 26.2 Å². The molecule has 3 saturated heterocycles. The standard InChI is InChI=1S/C29H34F2N10OS/c1-16(18-4-5-21(31)35-23(18)33)39(2)25-36-26(38-27(37-25)42-15-29-7-3-9-41(29)12-17(30)10-29)40-13-28(14-40)8-6-20-22(28)19(11-32)24(34)43-20/h4-5,16-17H,3,6-10,12-15,34H2,1-2H3,(H2,33,35)/t16?,17-,29+/m1/s1. The van der Waals surface area contributed by atoms with Crippen molar-refractivity contribution in [3.8, 4) is 12.1 Å². The summed E-state index contributed by atoms with van der Waals surface area (Å²) in [6, 6.07) is 5.03. The second-order valence-electron chi connectivity index (χ2n) is 12.4. The molecule has 3 aromatic rings. The number of nitrogen functional groups attached to an aromatic ring is 2. The number of halogens is 2. The van der Waals surface area contributed by atoms with Crippen LogP contribution in [0.3, 0.4) is 0 Å². The number of ether oxygens (including phenoxy) is 1. The molecule has 226 valence electrons. The van der Waals surface area contributed by atoms with Gasteiger partial charge in [-0.25, -0.2) is 9.37 Å². The monoisotopic (exact) mass is 608 g/mol. The molecule has 1 unspecified atom stereocenters. The Morgan fingerprint density at radius 1 is 1.23 bits per heavy atom.